The Morgan fingerprint density at radius 1 is 1.07 bits per heavy atom. The first-order valence-electron chi connectivity index (χ1n) is 5.31. The average molecular weight is 196 g/mol. The second-order valence-electron chi connectivity index (χ2n) is 3.29. The van der Waals surface area contributed by atoms with Crippen LogP contribution in [-0.2, 0) is 4.79 Å². The summed E-state index contributed by atoms with van der Waals surface area (Å²) in [6.45, 7) is 2.19. The molecular formula is C12H20O2. The lowest BCUT2D eigenvalue weighted by atomic mass is 10.2. The summed E-state index contributed by atoms with van der Waals surface area (Å²) in [5.41, 5.74) is 0. The van der Waals surface area contributed by atoms with Crippen molar-refractivity contribution >= 4 is 5.97 Å². The molecule has 0 rings (SSSR count). The Balaban J connectivity index is 3.22. The Hall–Kier alpha value is -1.05. The molecule has 0 aromatic rings. The minimum Gasteiger partial charge on any atom is -0.478 e. The first kappa shape index (κ1) is 12.9. The van der Waals surface area contributed by atoms with Gasteiger partial charge in [-0.05, 0) is 25.7 Å². The van der Waals surface area contributed by atoms with E-state index in [1.54, 1.807) is 6.08 Å². The molecule has 0 aliphatic carbocycles. The van der Waals surface area contributed by atoms with Gasteiger partial charge in [0.1, 0.15) is 0 Å². The van der Waals surface area contributed by atoms with Crippen LogP contribution in [0.15, 0.2) is 24.3 Å². The summed E-state index contributed by atoms with van der Waals surface area (Å²) in [6.07, 6.45) is 13.9. The van der Waals surface area contributed by atoms with Crippen LogP contribution in [0.1, 0.15) is 45.4 Å². The van der Waals surface area contributed by atoms with Gasteiger partial charge < -0.3 is 5.11 Å². The van der Waals surface area contributed by atoms with Gasteiger partial charge in [-0.15, -0.1) is 0 Å². The zero-order chi connectivity index (χ0) is 10.6. The number of aliphatic carboxylic acids is 1. The molecule has 0 aliphatic rings. The maximum absolute atomic E-state index is 10.1. The van der Waals surface area contributed by atoms with E-state index in [4.69, 9.17) is 5.11 Å². The van der Waals surface area contributed by atoms with Crippen LogP contribution in [0.5, 0.6) is 0 Å². The Bertz CT molecular complexity index is 192. The molecule has 0 radical (unpaired) electrons. The molecule has 14 heavy (non-hydrogen) atoms. The summed E-state index contributed by atoms with van der Waals surface area (Å²) in [6, 6.07) is 0. The average Bonchev–Trinajstić information content (AvgIpc) is 2.15. The Morgan fingerprint density at radius 3 is 2.36 bits per heavy atom. The van der Waals surface area contributed by atoms with E-state index in [0.717, 1.165) is 19.3 Å². The van der Waals surface area contributed by atoms with Gasteiger partial charge in [0.15, 0.2) is 0 Å². The van der Waals surface area contributed by atoms with Crippen molar-refractivity contribution in [3.63, 3.8) is 0 Å². The number of carbonyl (C=O) groups is 1. The molecule has 0 saturated heterocycles. The van der Waals surface area contributed by atoms with Crippen molar-refractivity contribution in [3.05, 3.63) is 24.3 Å². The number of hydrogen-bond donors (Lipinski definition) is 1. The standard InChI is InChI=1S/C12H20O2/c1-2-3-4-5-6-7-8-9-10-11-12(13)14/h6-7,10-11H,2-5,8-9H2,1H3,(H,13,14). The molecule has 2 heteroatoms. The number of hydrogen-bond acceptors (Lipinski definition) is 1. The molecule has 0 amide bonds. The predicted octanol–water partition coefficient (Wildman–Crippen LogP) is 3.54. The van der Waals surface area contributed by atoms with Gasteiger partial charge in [-0.3, -0.25) is 0 Å². The van der Waals surface area contributed by atoms with Crippen LogP contribution in [0, 0.1) is 0 Å². The Kier molecular flexibility index (Phi) is 9.28. The summed E-state index contributed by atoms with van der Waals surface area (Å²) in [4.78, 5) is 10.1. The summed E-state index contributed by atoms with van der Waals surface area (Å²) >= 11 is 0. The number of unbranched alkanes of at least 4 members (excludes halogenated alkanes) is 4. The zero-order valence-electron chi connectivity index (χ0n) is 8.91. The van der Waals surface area contributed by atoms with Crippen molar-refractivity contribution in [2.24, 2.45) is 0 Å². The van der Waals surface area contributed by atoms with Crippen LogP contribution in [0.2, 0.25) is 0 Å². The highest BCUT2D eigenvalue weighted by molar-refractivity contribution is 5.79. The third-order valence-electron chi connectivity index (χ3n) is 1.90. The maximum Gasteiger partial charge on any atom is 0.327 e. The summed E-state index contributed by atoms with van der Waals surface area (Å²) in [7, 11) is 0. The fraction of sp³-hybridized carbons (Fsp3) is 0.583. The van der Waals surface area contributed by atoms with Crippen molar-refractivity contribution in [3.8, 4) is 0 Å². The zero-order valence-corrected chi connectivity index (χ0v) is 8.91. The Morgan fingerprint density at radius 2 is 1.71 bits per heavy atom. The largest absolute Gasteiger partial charge is 0.478 e. The van der Waals surface area contributed by atoms with E-state index in [1.807, 2.05) is 0 Å². The van der Waals surface area contributed by atoms with E-state index in [-0.39, 0.29) is 0 Å². The molecule has 1 N–H and O–H groups in total. The molecule has 80 valence electrons. The second kappa shape index (κ2) is 10.0. The van der Waals surface area contributed by atoms with Crippen molar-refractivity contribution < 1.29 is 9.90 Å². The van der Waals surface area contributed by atoms with E-state index in [9.17, 15) is 4.79 Å². The minimum absolute atomic E-state index is 0.816. The van der Waals surface area contributed by atoms with Crippen LogP contribution < -0.4 is 0 Å². The lowest BCUT2D eigenvalue weighted by molar-refractivity contribution is -0.131. The van der Waals surface area contributed by atoms with Gasteiger partial charge in [0.05, 0.1) is 0 Å². The topological polar surface area (TPSA) is 37.3 Å². The molecular weight excluding hydrogens is 176 g/mol. The third-order valence-corrected chi connectivity index (χ3v) is 1.90. The molecule has 0 saturated carbocycles. The van der Waals surface area contributed by atoms with Crippen LogP contribution in [0.4, 0.5) is 0 Å². The van der Waals surface area contributed by atoms with Gasteiger partial charge in [0.2, 0.25) is 0 Å². The molecule has 0 aliphatic heterocycles. The molecule has 0 fully saturated rings. The first-order chi connectivity index (χ1) is 6.77. The van der Waals surface area contributed by atoms with Gasteiger partial charge in [0.25, 0.3) is 0 Å². The summed E-state index contributed by atoms with van der Waals surface area (Å²) < 4.78 is 0. The highest BCUT2D eigenvalue weighted by atomic mass is 16.4. The molecule has 0 atom stereocenters. The lowest BCUT2D eigenvalue weighted by Gasteiger charge is -1.91. The summed E-state index contributed by atoms with van der Waals surface area (Å²) in [5, 5.41) is 8.31. The van der Waals surface area contributed by atoms with Crippen LogP contribution in [0.3, 0.4) is 0 Å². The minimum atomic E-state index is -0.864. The molecule has 0 aromatic carbocycles. The predicted molar refractivity (Wildman–Crippen MR) is 59.3 cm³/mol. The quantitative estimate of drug-likeness (QED) is 0.366. The van der Waals surface area contributed by atoms with E-state index in [1.165, 1.54) is 25.3 Å². The van der Waals surface area contributed by atoms with Crippen LogP contribution in [0.25, 0.3) is 0 Å². The van der Waals surface area contributed by atoms with Crippen LogP contribution in [-0.4, -0.2) is 11.1 Å². The van der Waals surface area contributed by atoms with Gasteiger partial charge >= 0.3 is 5.97 Å². The van der Waals surface area contributed by atoms with E-state index >= 15 is 0 Å². The van der Waals surface area contributed by atoms with Gasteiger partial charge in [-0.2, -0.15) is 0 Å². The molecule has 0 heterocycles. The first-order valence-corrected chi connectivity index (χ1v) is 5.31. The second-order valence-corrected chi connectivity index (χ2v) is 3.29. The van der Waals surface area contributed by atoms with Gasteiger partial charge in [-0.1, -0.05) is 38.0 Å². The summed E-state index contributed by atoms with van der Waals surface area (Å²) in [5.74, 6) is -0.864. The van der Waals surface area contributed by atoms with Crippen molar-refractivity contribution in [2.45, 2.75) is 45.4 Å². The molecule has 0 bridgehead atoms. The van der Waals surface area contributed by atoms with Crippen molar-refractivity contribution in [1.82, 2.24) is 0 Å². The fourth-order valence-electron chi connectivity index (χ4n) is 1.12. The number of carboxylic acid groups (broad SMARTS) is 1. The van der Waals surface area contributed by atoms with E-state index in [0.29, 0.717) is 0 Å². The normalized spacial score (nSPS) is 11.5. The number of rotatable bonds is 8. The smallest absolute Gasteiger partial charge is 0.327 e. The number of allylic oxidation sites excluding steroid dienone is 3. The monoisotopic (exact) mass is 196 g/mol. The Labute approximate surface area is 86.3 Å². The third kappa shape index (κ3) is 11.0. The van der Waals surface area contributed by atoms with E-state index in [2.05, 4.69) is 19.1 Å². The molecule has 0 unspecified atom stereocenters. The van der Waals surface area contributed by atoms with Gasteiger partial charge in [-0.25, -0.2) is 4.79 Å². The highest BCUT2D eigenvalue weighted by Gasteiger charge is 1.84. The maximum atomic E-state index is 10.1. The molecule has 0 spiro atoms. The molecule has 0 aromatic heterocycles. The van der Waals surface area contributed by atoms with Crippen molar-refractivity contribution in [2.75, 3.05) is 0 Å². The SMILES string of the molecule is CCCCCC=CCCC=CC(=O)O. The lowest BCUT2D eigenvalue weighted by Crippen LogP contribution is -1.85. The van der Waals surface area contributed by atoms with Gasteiger partial charge in [0, 0.05) is 6.08 Å². The van der Waals surface area contributed by atoms with Crippen LogP contribution >= 0.6 is 0 Å². The fourth-order valence-corrected chi connectivity index (χ4v) is 1.12. The van der Waals surface area contributed by atoms with E-state index < -0.39 is 5.97 Å². The highest BCUT2D eigenvalue weighted by Crippen LogP contribution is 2.01. The van der Waals surface area contributed by atoms with Crippen molar-refractivity contribution in [1.29, 1.82) is 0 Å². The number of carboxylic acids is 1. The molecule has 2 nitrogen and oxygen atoms in total.